The summed E-state index contributed by atoms with van der Waals surface area (Å²) in [5.41, 5.74) is 2.06. The van der Waals surface area contributed by atoms with Crippen LogP contribution in [-0.2, 0) is 19.8 Å². The van der Waals surface area contributed by atoms with E-state index < -0.39 is 5.97 Å². The molecular formula is C21H25BrN2O4S. The SMILES string of the molecule is COC(=O)c1c(NC(=O)CNC2(c3cccc(Br)c3)CCOCC2)sc(C)c1C. The number of aryl methyl sites for hydroxylation is 1. The van der Waals surface area contributed by atoms with Crippen LogP contribution < -0.4 is 10.6 Å². The second-order valence-electron chi connectivity index (χ2n) is 7.09. The number of thiophene rings is 1. The number of ether oxygens (including phenoxy) is 2. The van der Waals surface area contributed by atoms with Crippen LogP contribution in [0.5, 0.6) is 0 Å². The smallest absolute Gasteiger partial charge is 0.341 e. The van der Waals surface area contributed by atoms with Gasteiger partial charge in [0.2, 0.25) is 5.91 Å². The highest BCUT2D eigenvalue weighted by Gasteiger charge is 2.34. The van der Waals surface area contributed by atoms with Gasteiger partial charge in [0, 0.05) is 28.1 Å². The minimum Gasteiger partial charge on any atom is -0.465 e. The maximum Gasteiger partial charge on any atom is 0.341 e. The maximum absolute atomic E-state index is 12.7. The van der Waals surface area contributed by atoms with E-state index in [9.17, 15) is 9.59 Å². The van der Waals surface area contributed by atoms with Crippen LogP contribution in [0.25, 0.3) is 0 Å². The lowest BCUT2D eigenvalue weighted by Gasteiger charge is -2.38. The first-order valence-corrected chi connectivity index (χ1v) is 11.0. The molecule has 1 amide bonds. The van der Waals surface area contributed by atoms with Crippen LogP contribution in [0.15, 0.2) is 28.7 Å². The molecule has 6 nitrogen and oxygen atoms in total. The summed E-state index contributed by atoms with van der Waals surface area (Å²) in [4.78, 5) is 25.8. The van der Waals surface area contributed by atoms with E-state index >= 15 is 0 Å². The number of halogens is 1. The van der Waals surface area contributed by atoms with Crippen molar-refractivity contribution in [2.24, 2.45) is 0 Å². The maximum atomic E-state index is 12.7. The van der Waals surface area contributed by atoms with Gasteiger partial charge in [0.25, 0.3) is 0 Å². The number of hydrogen-bond donors (Lipinski definition) is 2. The van der Waals surface area contributed by atoms with Gasteiger partial charge in [-0.1, -0.05) is 28.1 Å². The van der Waals surface area contributed by atoms with E-state index in [1.54, 1.807) is 0 Å². The second kappa shape index (κ2) is 9.38. The molecule has 2 heterocycles. The molecule has 8 heteroatoms. The zero-order valence-corrected chi connectivity index (χ0v) is 19.2. The Kier molecular flexibility index (Phi) is 7.10. The largest absolute Gasteiger partial charge is 0.465 e. The summed E-state index contributed by atoms with van der Waals surface area (Å²) in [5.74, 6) is -0.637. The topological polar surface area (TPSA) is 76.7 Å². The zero-order chi connectivity index (χ0) is 21.0. The lowest BCUT2D eigenvalue weighted by molar-refractivity contribution is -0.116. The number of benzene rings is 1. The van der Waals surface area contributed by atoms with Gasteiger partial charge in [0.1, 0.15) is 5.00 Å². The fraction of sp³-hybridized carbons (Fsp3) is 0.429. The second-order valence-corrected chi connectivity index (χ2v) is 9.23. The van der Waals surface area contributed by atoms with Crippen molar-refractivity contribution < 1.29 is 19.1 Å². The van der Waals surface area contributed by atoms with Crippen molar-refractivity contribution in [2.75, 3.05) is 32.2 Å². The Hall–Kier alpha value is -1.74. The molecule has 1 saturated heterocycles. The highest BCUT2D eigenvalue weighted by molar-refractivity contribution is 9.10. The van der Waals surface area contributed by atoms with E-state index in [0.29, 0.717) is 23.8 Å². The molecule has 0 unspecified atom stereocenters. The third-order valence-corrected chi connectivity index (χ3v) is 6.95. The summed E-state index contributed by atoms with van der Waals surface area (Å²) in [6, 6.07) is 8.14. The minimum absolute atomic E-state index is 0.128. The Morgan fingerprint density at radius 3 is 2.66 bits per heavy atom. The Labute approximate surface area is 183 Å². The molecule has 1 fully saturated rings. The quantitative estimate of drug-likeness (QED) is 0.607. The lowest BCUT2D eigenvalue weighted by atomic mass is 9.82. The molecule has 29 heavy (non-hydrogen) atoms. The molecule has 156 valence electrons. The van der Waals surface area contributed by atoms with Crippen LogP contribution >= 0.6 is 27.3 Å². The number of anilines is 1. The average Bonchev–Trinajstić information content (AvgIpc) is 2.99. The van der Waals surface area contributed by atoms with E-state index in [1.807, 2.05) is 26.0 Å². The number of nitrogens with one attached hydrogen (secondary N) is 2. The van der Waals surface area contributed by atoms with Crippen LogP contribution in [0.2, 0.25) is 0 Å². The molecule has 3 rings (SSSR count). The van der Waals surface area contributed by atoms with Gasteiger partial charge < -0.3 is 14.8 Å². The van der Waals surface area contributed by atoms with E-state index in [0.717, 1.165) is 33.3 Å². The van der Waals surface area contributed by atoms with Crippen molar-refractivity contribution in [3.63, 3.8) is 0 Å². The highest BCUT2D eigenvalue weighted by atomic mass is 79.9. The molecule has 2 aromatic rings. The van der Waals surface area contributed by atoms with Gasteiger partial charge >= 0.3 is 5.97 Å². The van der Waals surface area contributed by atoms with Gasteiger partial charge in [0.15, 0.2) is 0 Å². The van der Waals surface area contributed by atoms with Crippen molar-refractivity contribution in [3.05, 3.63) is 50.3 Å². The molecule has 1 aliphatic rings. The van der Waals surface area contributed by atoms with Crippen molar-refractivity contribution in [1.82, 2.24) is 5.32 Å². The first-order chi connectivity index (χ1) is 13.9. The van der Waals surface area contributed by atoms with Crippen molar-refractivity contribution in [1.29, 1.82) is 0 Å². The van der Waals surface area contributed by atoms with Crippen LogP contribution in [0.3, 0.4) is 0 Å². The van der Waals surface area contributed by atoms with Gasteiger partial charge in [-0.2, -0.15) is 0 Å². The standard InChI is InChI=1S/C21H25BrN2O4S/c1-13-14(2)29-19(18(13)20(26)27-3)24-17(25)12-23-21(7-9-28-10-8-21)15-5-4-6-16(22)11-15/h4-6,11,23H,7-10,12H2,1-3H3,(H,24,25). The fourth-order valence-corrected chi connectivity index (χ4v) is 5.02. The van der Waals surface area contributed by atoms with Gasteiger partial charge in [-0.15, -0.1) is 11.3 Å². The van der Waals surface area contributed by atoms with E-state index in [4.69, 9.17) is 9.47 Å². The Bertz CT molecular complexity index is 906. The first kappa shape index (κ1) is 22.0. The average molecular weight is 481 g/mol. The van der Waals surface area contributed by atoms with E-state index in [-0.39, 0.29) is 18.0 Å². The molecule has 0 atom stereocenters. The monoisotopic (exact) mass is 480 g/mol. The third-order valence-electron chi connectivity index (χ3n) is 5.34. The molecule has 0 spiro atoms. The summed E-state index contributed by atoms with van der Waals surface area (Å²) in [6.07, 6.45) is 1.56. The van der Waals surface area contributed by atoms with E-state index in [2.05, 4.69) is 38.7 Å². The predicted molar refractivity (Wildman–Crippen MR) is 118 cm³/mol. The number of rotatable bonds is 6. The number of amides is 1. The summed E-state index contributed by atoms with van der Waals surface area (Å²) in [5, 5.41) is 6.87. The van der Waals surface area contributed by atoms with Crippen LogP contribution in [0, 0.1) is 13.8 Å². The Morgan fingerprint density at radius 2 is 2.00 bits per heavy atom. The summed E-state index contributed by atoms with van der Waals surface area (Å²) in [7, 11) is 1.34. The summed E-state index contributed by atoms with van der Waals surface area (Å²) < 4.78 is 11.4. The van der Waals surface area contributed by atoms with Crippen molar-refractivity contribution in [3.8, 4) is 0 Å². The number of esters is 1. The number of carbonyl (C=O) groups is 2. The highest BCUT2D eigenvalue weighted by Crippen LogP contribution is 2.34. The molecular weight excluding hydrogens is 456 g/mol. The summed E-state index contributed by atoms with van der Waals surface area (Å²) >= 11 is 4.92. The molecule has 1 aliphatic heterocycles. The van der Waals surface area contributed by atoms with Crippen LogP contribution in [0.4, 0.5) is 5.00 Å². The summed E-state index contributed by atoms with van der Waals surface area (Å²) in [6.45, 7) is 5.18. The van der Waals surface area contributed by atoms with Crippen molar-refractivity contribution >= 4 is 44.1 Å². The normalized spacial score (nSPS) is 15.7. The predicted octanol–water partition coefficient (Wildman–Crippen LogP) is 4.15. The lowest BCUT2D eigenvalue weighted by Crippen LogP contribution is -2.49. The molecule has 2 N–H and O–H groups in total. The molecule has 0 radical (unpaired) electrons. The Balaban J connectivity index is 1.75. The van der Waals surface area contributed by atoms with Crippen LogP contribution in [0.1, 0.15) is 39.2 Å². The number of methoxy groups -OCH3 is 1. The number of carbonyl (C=O) groups excluding carboxylic acids is 2. The number of hydrogen-bond acceptors (Lipinski definition) is 6. The molecule has 1 aromatic carbocycles. The van der Waals surface area contributed by atoms with Gasteiger partial charge in [0.05, 0.1) is 19.2 Å². The van der Waals surface area contributed by atoms with Gasteiger partial charge in [-0.3, -0.25) is 10.1 Å². The molecule has 0 aliphatic carbocycles. The minimum atomic E-state index is -0.440. The molecule has 0 bridgehead atoms. The first-order valence-electron chi connectivity index (χ1n) is 9.43. The molecule has 0 saturated carbocycles. The Morgan fingerprint density at radius 1 is 1.28 bits per heavy atom. The van der Waals surface area contributed by atoms with Gasteiger partial charge in [-0.05, 0) is 49.9 Å². The van der Waals surface area contributed by atoms with Crippen LogP contribution in [-0.4, -0.2) is 38.7 Å². The van der Waals surface area contributed by atoms with Gasteiger partial charge in [-0.25, -0.2) is 4.79 Å². The third kappa shape index (κ3) is 4.88. The zero-order valence-electron chi connectivity index (χ0n) is 16.8. The molecule has 1 aromatic heterocycles. The van der Waals surface area contributed by atoms with Crippen molar-refractivity contribution in [2.45, 2.75) is 32.2 Å². The fourth-order valence-electron chi connectivity index (χ4n) is 3.56. The van der Waals surface area contributed by atoms with E-state index in [1.165, 1.54) is 18.4 Å².